The number of aliphatic hydroxyl groups is 2. The van der Waals surface area contributed by atoms with Gasteiger partial charge in [0, 0.05) is 18.6 Å². The van der Waals surface area contributed by atoms with Crippen molar-refractivity contribution in [3.05, 3.63) is 0 Å². The summed E-state index contributed by atoms with van der Waals surface area (Å²) in [5.41, 5.74) is 0. The first kappa shape index (κ1) is 20.8. The standard InChI is InChI=1S/C17H38N2O2/c1-5-8-9-10-11-12-18-15(17(21)7-3)13-19-14(4)16(20)6-2/h14-21H,5-13H2,1-4H3. The van der Waals surface area contributed by atoms with Gasteiger partial charge in [-0.3, -0.25) is 0 Å². The Kier molecular flexibility index (Phi) is 13.4. The number of nitrogens with one attached hydrogen (secondary N) is 2. The van der Waals surface area contributed by atoms with Crippen molar-refractivity contribution in [2.45, 2.75) is 96.9 Å². The first-order valence-electron chi connectivity index (χ1n) is 8.89. The number of unbranched alkanes of at least 4 members (excludes halogenated alkanes) is 4. The maximum atomic E-state index is 10.1. The monoisotopic (exact) mass is 302 g/mol. The molecule has 0 aliphatic heterocycles. The van der Waals surface area contributed by atoms with Gasteiger partial charge in [-0.2, -0.15) is 0 Å². The molecule has 0 aromatic heterocycles. The minimum Gasteiger partial charge on any atom is -0.392 e. The van der Waals surface area contributed by atoms with Gasteiger partial charge in [0.05, 0.1) is 12.2 Å². The van der Waals surface area contributed by atoms with Crippen LogP contribution in [0.25, 0.3) is 0 Å². The van der Waals surface area contributed by atoms with Crippen LogP contribution in [-0.2, 0) is 0 Å². The minimum absolute atomic E-state index is 0.0627. The van der Waals surface area contributed by atoms with Crippen molar-refractivity contribution in [1.82, 2.24) is 10.6 Å². The van der Waals surface area contributed by atoms with Gasteiger partial charge in [-0.15, -0.1) is 0 Å². The Morgan fingerprint density at radius 2 is 1.43 bits per heavy atom. The molecule has 0 saturated carbocycles. The van der Waals surface area contributed by atoms with Crippen LogP contribution >= 0.6 is 0 Å². The predicted molar refractivity (Wildman–Crippen MR) is 90.6 cm³/mol. The zero-order chi connectivity index (χ0) is 16.1. The SMILES string of the molecule is CCCCCCCNC(CNC(C)C(O)CC)C(O)CC. The highest BCUT2D eigenvalue weighted by molar-refractivity contribution is 4.80. The van der Waals surface area contributed by atoms with Crippen LogP contribution < -0.4 is 10.6 Å². The lowest BCUT2D eigenvalue weighted by molar-refractivity contribution is 0.103. The van der Waals surface area contributed by atoms with E-state index < -0.39 is 0 Å². The molecule has 0 amide bonds. The number of rotatable bonds is 14. The Bertz CT molecular complexity index is 227. The molecule has 4 atom stereocenters. The summed E-state index contributed by atoms with van der Waals surface area (Å²) in [7, 11) is 0. The molecule has 4 heteroatoms. The van der Waals surface area contributed by atoms with Gasteiger partial charge in [-0.1, -0.05) is 46.5 Å². The lowest BCUT2D eigenvalue weighted by Crippen LogP contribution is -2.50. The van der Waals surface area contributed by atoms with Gasteiger partial charge in [-0.25, -0.2) is 0 Å². The van der Waals surface area contributed by atoms with Crippen molar-refractivity contribution in [3.63, 3.8) is 0 Å². The van der Waals surface area contributed by atoms with Gasteiger partial charge in [0.25, 0.3) is 0 Å². The van der Waals surface area contributed by atoms with E-state index in [2.05, 4.69) is 17.6 Å². The van der Waals surface area contributed by atoms with Crippen LogP contribution in [0.2, 0.25) is 0 Å². The fourth-order valence-electron chi connectivity index (χ4n) is 2.45. The molecule has 0 radical (unpaired) electrons. The average Bonchev–Trinajstić information content (AvgIpc) is 2.51. The lowest BCUT2D eigenvalue weighted by atomic mass is 10.1. The highest BCUT2D eigenvalue weighted by Gasteiger charge is 2.19. The first-order chi connectivity index (χ1) is 10.1. The second-order valence-electron chi connectivity index (χ2n) is 6.12. The molecule has 4 nitrogen and oxygen atoms in total. The maximum absolute atomic E-state index is 10.1. The summed E-state index contributed by atoms with van der Waals surface area (Å²) in [5, 5.41) is 26.7. The van der Waals surface area contributed by atoms with Gasteiger partial charge in [-0.05, 0) is 32.7 Å². The fraction of sp³-hybridized carbons (Fsp3) is 1.00. The predicted octanol–water partition coefficient (Wildman–Crippen LogP) is 2.43. The molecule has 0 heterocycles. The van der Waals surface area contributed by atoms with Crippen LogP contribution in [0.1, 0.15) is 72.6 Å². The third-order valence-corrected chi connectivity index (χ3v) is 4.22. The molecule has 21 heavy (non-hydrogen) atoms. The second kappa shape index (κ2) is 13.5. The van der Waals surface area contributed by atoms with E-state index in [-0.39, 0.29) is 24.3 Å². The van der Waals surface area contributed by atoms with E-state index in [4.69, 9.17) is 0 Å². The molecule has 0 aromatic rings. The highest BCUT2D eigenvalue weighted by atomic mass is 16.3. The van der Waals surface area contributed by atoms with Gasteiger partial charge in [0.1, 0.15) is 0 Å². The molecular formula is C17H38N2O2. The molecule has 0 bridgehead atoms. The maximum Gasteiger partial charge on any atom is 0.0703 e. The number of hydrogen-bond acceptors (Lipinski definition) is 4. The molecule has 0 spiro atoms. The van der Waals surface area contributed by atoms with Gasteiger partial charge >= 0.3 is 0 Å². The van der Waals surface area contributed by atoms with Crippen molar-refractivity contribution in [2.24, 2.45) is 0 Å². The molecule has 0 saturated heterocycles. The lowest BCUT2D eigenvalue weighted by Gasteiger charge is -2.27. The van der Waals surface area contributed by atoms with E-state index in [0.717, 1.165) is 19.4 Å². The van der Waals surface area contributed by atoms with Crippen LogP contribution in [0.3, 0.4) is 0 Å². The summed E-state index contributed by atoms with van der Waals surface area (Å²) < 4.78 is 0. The number of hydrogen-bond donors (Lipinski definition) is 4. The van der Waals surface area contributed by atoms with Crippen LogP contribution in [0.4, 0.5) is 0 Å². The molecular weight excluding hydrogens is 264 g/mol. The average molecular weight is 303 g/mol. The summed E-state index contributed by atoms with van der Waals surface area (Å²) in [4.78, 5) is 0. The van der Waals surface area contributed by atoms with Crippen molar-refractivity contribution < 1.29 is 10.2 Å². The Labute approximate surface area is 131 Å². The van der Waals surface area contributed by atoms with Crippen molar-refractivity contribution in [3.8, 4) is 0 Å². The van der Waals surface area contributed by atoms with E-state index >= 15 is 0 Å². The van der Waals surface area contributed by atoms with Gasteiger partial charge in [0.15, 0.2) is 0 Å². The largest absolute Gasteiger partial charge is 0.392 e. The molecule has 4 N–H and O–H groups in total. The smallest absolute Gasteiger partial charge is 0.0703 e. The fourth-order valence-corrected chi connectivity index (χ4v) is 2.45. The second-order valence-corrected chi connectivity index (χ2v) is 6.12. The Morgan fingerprint density at radius 3 is 2.00 bits per heavy atom. The van der Waals surface area contributed by atoms with Crippen LogP contribution in [0, 0.1) is 0 Å². The third kappa shape index (κ3) is 10.2. The number of aliphatic hydroxyl groups excluding tert-OH is 2. The summed E-state index contributed by atoms with van der Waals surface area (Å²) in [6, 6.07) is 0.126. The molecule has 0 fully saturated rings. The molecule has 4 unspecified atom stereocenters. The quantitative estimate of drug-likeness (QED) is 0.372. The van der Waals surface area contributed by atoms with Gasteiger partial charge < -0.3 is 20.8 Å². The summed E-state index contributed by atoms with van der Waals surface area (Å²) in [6.45, 7) is 9.86. The normalized spacial score (nSPS) is 17.4. The molecule has 128 valence electrons. The zero-order valence-corrected chi connectivity index (χ0v) is 14.6. The van der Waals surface area contributed by atoms with E-state index in [0.29, 0.717) is 6.54 Å². The third-order valence-electron chi connectivity index (χ3n) is 4.22. The summed E-state index contributed by atoms with van der Waals surface area (Å²) in [5.74, 6) is 0. The van der Waals surface area contributed by atoms with Crippen molar-refractivity contribution in [1.29, 1.82) is 0 Å². The van der Waals surface area contributed by atoms with E-state index in [1.165, 1.54) is 32.1 Å². The molecule has 0 rings (SSSR count). The molecule has 0 aliphatic carbocycles. The van der Waals surface area contributed by atoms with Crippen LogP contribution in [-0.4, -0.2) is 47.6 Å². The van der Waals surface area contributed by atoms with Crippen LogP contribution in [0.15, 0.2) is 0 Å². The topological polar surface area (TPSA) is 64.5 Å². The highest BCUT2D eigenvalue weighted by Crippen LogP contribution is 2.04. The molecule has 0 aromatic carbocycles. The van der Waals surface area contributed by atoms with E-state index in [1.54, 1.807) is 0 Å². The summed E-state index contributed by atoms with van der Waals surface area (Å²) >= 11 is 0. The molecule has 0 aliphatic rings. The van der Waals surface area contributed by atoms with Crippen molar-refractivity contribution >= 4 is 0 Å². The zero-order valence-electron chi connectivity index (χ0n) is 14.6. The first-order valence-corrected chi connectivity index (χ1v) is 8.89. The summed E-state index contributed by atoms with van der Waals surface area (Å²) in [6.07, 6.45) is 7.16. The minimum atomic E-state index is -0.334. The Morgan fingerprint density at radius 1 is 0.810 bits per heavy atom. The van der Waals surface area contributed by atoms with Crippen LogP contribution in [0.5, 0.6) is 0 Å². The van der Waals surface area contributed by atoms with Crippen molar-refractivity contribution in [2.75, 3.05) is 13.1 Å². The Balaban J connectivity index is 3.98. The van der Waals surface area contributed by atoms with Gasteiger partial charge in [0.2, 0.25) is 0 Å². The Hall–Kier alpha value is -0.160. The van der Waals surface area contributed by atoms with E-state index in [1.807, 2.05) is 20.8 Å². The van der Waals surface area contributed by atoms with E-state index in [9.17, 15) is 10.2 Å².